The standard InChI is InChI=1S/C10H15NO2/c1-4-5-9-6-11(8(3)13)10(9)7(2)12/h4,9-10H,1,5-6H2,2-3H3/t9-,10+/m0/s1. The van der Waals surface area contributed by atoms with E-state index >= 15 is 0 Å². The van der Waals surface area contributed by atoms with Crippen LogP contribution in [0, 0.1) is 5.92 Å². The molecule has 1 heterocycles. The second-order valence-electron chi connectivity index (χ2n) is 3.51. The summed E-state index contributed by atoms with van der Waals surface area (Å²) in [6.07, 6.45) is 2.62. The minimum atomic E-state index is -0.199. The van der Waals surface area contributed by atoms with E-state index in [1.807, 2.05) is 0 Å². The summed E-state index contributed by atoms with van der Waals surface area (Å²) in [6.45, 7) is 7.37. The van der Waals surface area contributed by atoms with E-state index in [-0.39, 0.29) is 17.7 Å². The Morgan fingerprint density at radius 1 is 1.54 bits per heavy atom. The van der Waals surface area contributed by atoms with Crippen LogP contribution in [0.15, 0.2) is 12.7 Å². The van der Waals surface area contributed by atoms with Crippen molar-refractivity contribution in [1.82, 2.24) is 4.90 Å². The number of allylic oxidation sites excluding steroid dienone is 1. The Morgan fingerprint density at radius 3 is 2.54 bits per heavy atom. The number of rotatable bonds is 3. The van der Waals surface area contributed by atoms with Crippen LogP contribution in [0.1, 0.15) is 20.3 Å². The summed E-state index contributed by atoms with van der Waals surface area (Å²) in [7, 11) is 0. The van der Waals surface area contributed by atoms with Gasteiger partial charge in [0.25, 0.3) is 0 Å². The fourth-order valence-corrected chi connectivity index (χ4v) is 1.88. The van der Waals surface area contributed by atoms with E-state index < -0.39 is 0 Å². The van der Waals surface area contributed by atoms with Crippen LogP contribution in [0.25, 0.3) is 0 Å². The normalized spacial score (nSPS) is 26.5. The van der Waals surface area contributed by atoms with Gasteiger partial charge in [-0.05, 0) is 13.3 Å². The first kappa shape index (κ1) is 9.96. The third-order valence-electron chi connectivity index (χ3n) is 2.50. The van der Waals surface area contributed by atoms with Gasteiger partial charge in [0.05, 0.1) is 6.04 Å². The molecule has 1 saturated heterocycles. The summed E-state index contributed by atoms with van der Waals surface area (Å²) in [5, 5.41) is 0. The molecule has 1 rings (SSSR count). The predicted molar refractivity (Wildman–Crippen MR) is 50.2 cm³/mol. The minimum Gasteiger partial charge on any atom is -0.332 e. The van der Waals surface area contributed by atoms with Crippen LogP contribution < -0.4 is 0 Å². The van der Waals surface area contributed by atoms with E-state index in [1.54, 1.807) is 11.0 Å². The molecular weight excluding hydrogens is 166 g/mol. The Bertz CT molecular complexity index is 247. The molecular formula is C10H15NO2. The Labute approximate surface area is 78.4 Å². The maximum Gasteiger partial charge on any atom is 0.220 e. The number of amides is 1. The summed E-state index contributed by atoms with van der Waals surface area (Å²) in [5.74, 6) is 0.354. The topological polar surface area (TPSA) is 37.4 Å². The van der Waals surface area contributed by atoms with Crippen LogP contribution in [0.3, 0.4) is 0 Å². The molecule has 3 nitrogen and oxygen atoms in total. The smallest absolute Gasteiger partial charge is 0.220 e. The molecule has 1 amide bonds. The first-order valence-electron chi connectivity index (χ1n) is 4.46. The fraction of sp³-hybridized carbons (Fsp3) is 0.600. The van der Waals surface area contributed by atoms with E-state index in [0.717, 1.165) is 6.42 Å². The average Bonchev–Trinajstić information content (AvgIpc) is 1.94. The van der Waals surface area contributed by atoms with Crippen molar-refractivity contribution in [3.8, 4) is 0 Å². The lowest BCUT2D eigenvalue weighted by molar-refractivity contribution is -0.149. The highest BCUT2D eigenvalue weighted by Gasteiger charge is 2.42. The van der Waals surface area contributed by atoms with E-state index in [9.17, 15) is 9.59 Å². The second-order valence-corrected chi connectivity index (χ2v) is 3.51. The third kappa shape index (κ3) is 1.79. The average molecular weight is 181 g/mol. The van der Waals surface area contributed by atoms with Crippen LogP contribution in [0.5, 0.6) is 0 Å². The van der Waals surface area contributed by atoms with Gasteiger partial charge in [0.2, 0.25) is 5.91 Å². The van der Waals surface area contributed by atoms with Gasteiger partial charge in [0.15, 0.2) is 5.78 Å². The quantitative estimate of drug-likeness (QED) is 0.609. The molecule has 0 radical (unpaired) electrons. The zero-order valence-corrected chi connectivity index (χ0v) is 8.12. The van der Waals surface area contributed by atoms with Crippen LogP contribution in [0.4, 0.5) is 0 Å². The molecule has 0 bridgehead atoms. The molecule has 0 aromatic heterocycles. The van der Waals surface area contributed by atoms with Crippen molar-refractivity contribution in [2.75, 3.05) is 6.54 Å². The molecule has 1 aliphatic rings. The molecule has 72 valence electrons. The van der Waals surface area contributed by atoms with Crippen molar-refractivity contribution >= 4 is 11.7 Å². The van der Waals surface area contributed by atoms with Crippen molar-refractivity contribution in [3.05, 3.63) is 12.7 Å². The van der Waals surface area contributed by atoms with Gasteiger partial charge in [0, 0.05) is 19.4 Å². The van der Waals surface area contributed by atoms with Crippen LogP contribution >= 0.6 is 0 Å². The van der Waals surface area contributed by atoms with E-state index in [0.29, 0.717) is 12.5 Å². The molecule has 0 aromatic carbocycles. The molecule has 2 atom stereocenters. The number of hydrogen-bond acceptors (Lipinski definition) is 2. The molecule has 0 aromatic rings. The van der Waals surface area contributed by atoms with E-state index in [4.69, 9.17) is 0 Å². The number of hydrogen-bond donors (Lipinski definition) is 0. The zero-order chi connectivity index (χ0) is 10.0. The largest absolute Gasteiger partial charge is 0.332 e. The van der Waals surface area contributed by atoms with Crippen molar-refractivity contribution in [2.45, 2.75) is 26.3 Å². The lowest BCUT2D eigenvalue weighted by Crippen LogP contribution is -2.60. The molecule has 13 heavy (non-hydrogen) atoms. The highest BCUT2D eigenvalue weighted by molar-refractivity contribution is 5.88. The fourth-order valence-electron chi connectivity index (χ4n) is 1.88. The number of carbonyl (C=O) groups excluding carboxylic acids is 2. The van der Waals surface area contributed by atoms with E-state index in [1.165, 1.54) is 13.8 Å². The molecule has 1 aliphatic heterocycles. The maximum absolute atomic E-state index is 11.2. The molecule has 3 heteroatoms. The van der Waals surface area contributed by atoms with Crippen LogP contribution in [0.2, 0.25) is 0 Å². The molecule has 0 aliphatic carbocycles. The van der Waals surface area contributed by atoms with Gasteiger partial charge in [-0.2, -0.15) is 0 Å². The molecule has 0 spiro atoms. The van der Waals surface area contributed by atoms with Gasteiger partial charge in [0.1, 0.15) is 0 Å². The van der Waals surface area contributed by atoms with Crippen molar-refractivity contribution in [1.29, 1.82) is 0 Å². The SMILES string of the molecule is C=CC[C@H]1CN(C(C)=O)[C@@H]1C(C)=O. The first-order valence-corrected chi connectivity index (χ1v) is 4.46. The van der Waals surface area contributed by atoms with Gasteiger partial charge in [-0.25, -0.2) is 0 Å². The summed E-state index contributed by atoms with van der Waals surface area (Å²) in [4.78, 5) is 23.9. The van der Waals surface area contributed by atoms with Crippen LogP contribution in [-0.4, -0.2) is 29.2 Å². The lowest BCUT2D eigenvalue weighted by Gasteiger charge is -2.46. The number of Topliss-reactive ketones (excluding diaryl/α,β-unsaturated/α-hetero) is 1. The first-order chi connectivity index (χ1) is 6.07. The predicted octanol–water partition coefficient (Wildman–Crippen LogP) is 0.998. The number of likely N-dealkylation sites (tertiary alicyclic amines) is 1. The summed E-state index contributed by atoms with van der Waals surface area (Å²) in [5.41, 5.74) is 0. The van der Waals surface area contributed by atoms with Gasteiger partial charge in [-0.1, -0.05) is 6.08 Å². The summed E-state index contributed by atoms with van der Waals surface area (Å²) < 4.78 is 0. The van der Waals surface area contributed by atoms with Crippen molar-refractivity contribution in [2.24, 2.45) is 5.92 Å². The highest BCUT2D eigenvalue weighted by Crippen LogP contribution is 2.28. The Balaban J connectivity index is 2.62. The number of carbonyl (C=O) groups is 2. The highest BCUT2D eigenvalue weighted by atomic mass is 16.2. The monoisotopic (exact) mass is 181 g/mol. The molecule has 0 N–H and O–H groups in total. The minimum absolute atomic E-state index is 0.0134. The summed E-state index contributed by atoms with van der Waals surface area (Å²) in [6, 6.07) is -0.199. The van der Waals surface area contributed by atoms with Crippen LogP contribution in [-0.2, 0) is 9.59 Å². The number of ketones is 1. The second kappa shape index (κ2) is 3.73. The molecule has 0 saturated carbocycles. The Hall–Kier alpha value is -1.12. The Kier molecular flexibility index (Phi) is 2.86. The maximum atomic E-state index is 11.2. The zero-order valence-electron chi connectivity index (χ0n) is 8.12. The van der Waals surface area contributed by atoms with Gasteiger partial charge < -0.3 is 4.90 Å². The molecule has 0 unspecified atom stereocenters. The van der Waals surface area contributed by atoms with Gasteiger partial charge in [-0.3, -0.25) is 9.59 Å². The summed E-state index contributed by atoms with van der Waals surface area (Å²) >= 11 is 0. The molecule has 1 fully saturated rings. The van der Waals surface area contributed by atoms with Crippen molar-refractivity contribution in [3.63, 3.8) is 0 Å². The van der Waals surface area contributed by atoms with Gasteiger partial charge in [-0.15, -0.1) is 6.58 Å². The number of nitrogens with zero attached hydrogens (tertiary/aromatic N) is 1. The Morgan fingerprint density at radius 2 is 2.15 bits per heavy atom. The van der Waals surface area contributed by atoms with Crippen molar-refractivity contribution < 1.29 is 9.59 Å². The van der Waals surface area contributed by atoms with E-state index in [2.05, 4.69) is 6.58 Å². The van der Waals surface area contributed by atoms with Gasteiger partial charge >= 0.3 is 0 Å². The lowest BCUT2D eigenvalue weighted by atomic mass is 9.83. The third-order valence-corrected chi connectivity index (χ3v) is 2.50.